The van der Waals surface area contributed by atoms with E-state index in [0.29, 0.717) is 25.0 Å². The van der Waals surface area contributed by atoms with E-state index in [2.05, 4.69) is 16.9 Å². The van der Waals surface area contributed by atoms with Crippen molar-refractivity contribution in [3.63, 3.8) is 0 Å². The number of methoxy groups -OCH3 is 1. The molecule has 0 aliphatic heterocycles. The van der Waals surface area contributed by atoms with Crippen molar-refractivity contribution in [2.45, 2.75) is 32.1 Å². The summed E-state index contributed by atoms with van der Waals surface area (Å²) in [6.07, 6.45) is 5.73. The van der Waals surface area contributed by atoms with Crippen LogP contribution in [0.3, 0.4) is 0 Å². The maximum atomic E-state index is 10.7. The zero-order valence-electron chi connectivity index (χ0n) is 15.1. The molecule has 2 aromatic carbocycles. The summed E-state index contributed by atoms with van der Waals surface area (Å²) >= 11 is -1.92. The lowest BCUT2D eigenvalue weighted by Gasteiger charge is -2.31. The number of rotatable bonds is 8. The Morgan fingerprint density at radius 1 is 1.08 bits per heavy atom. The average molecular weight is 378 g/mol. The zero-order valence-corrected chi connectivity index (χ0v) is 16.0. The predicted molar refractivity (Wildman–Crippen MR) is 105 cm³/mol. The first-order valence-electron chi connectivity index (χ1n) is 9.20. The number of hydrogen-bond acceptors (Lipinski definition) is 3. The Morgan fingerprint density at radius 2 is 1.73 bits per heavy atom. The van der Waals surface area contributed by atoms with Crippen molar-refractivity contribution in [2.75, 3.05) is 20.3 Å². The molecule has 0 aromatic heterocycles. The molecule has 3 rings (SSSR count). The largest absolute Gasteiger partial charge is 0.497 e. The third kappa shape index (κ3) is 5.19. The first kappa shape index (κ1) is 19.1. The normalized spacial score (nSPS) is 21.5. The number of ether oxygens (including phenoxy) is 2. The van der Waals surface area contributed by atoms with Crippen LogP contribution in [0.4, 0.5) is 0 Å². The topological polar surface area (TPSA) is 67.8 Å². The van der Waals surface area contributed by atoms with Crippen molar-refractivity contribution < 1.29 is 18.2 Å². The van der Waals surface area contributed by atoms with E-state index in [0.717, 1.165) is 35.1 Å². The number of nitrogens with one attached hydrogen (secondary N) is 1. The van der Waals surface area contributed by atoms with E-state index in [9.17, 15) is 4.21 Å². The second-order valence-electron chi connectivity index (χ2n) is 6.92. The van der Waals surface area contributed by atoms with Gasteiger partial charge in [-0.15, -0.1) is 0 Å². The smallest absolute Gasteiger partial charge is 0.231 e. The quantitative estimate of drug-likeness (QED) is 0.678. The van der Waals surface area contributed by atoms with Gasteiger partial charge >= 0.3 is 0 Å². The van der Waals surface area contributed by atoms with Gasteiger partial charge in [-0.05, 0) is 59.7 Å². The Labute approximate surface area is 157 Å². The molecule has 6 heteroatoms. The molecule has 3 atom stereocenters. The molecule has 0 saturated heterocycles. The van der Waals surface area contributed by atoms with Crippen molar-refractivity contribution in [1.82, 2.24) is 4.72 Å². The van der Waals surface area contributed by atoms with E-state index in [1.165, 1.54) is 19.3 Å². The molecule has 26 heavy (non-hydrogen) atoms. The van der Waals surface area contributed by atoms with E-state index in [4.69, 9.17) is 14.0 Å². The number of fused-ring (bicyclic) bond motifs is 1. The van der Waals surface area contributed by atoms with Crippen molar-refractivity contribution in [3.05, 3.63) is 36.4 Å². The van der Waals surface area contributed by atoms with Crippen LogP contribution in [0.5, 0.6) is 11.5 Å². The molecule has 1 aliphatic rings. The van der Waals surface area contributed by atoms with Crippen LogP contribution < -0.4 is 14.2 Å². The van der Waals surface area contributed by atoms with Gasteiger partial charge in [0.25, 0.3) is 0 Å². The Morgan fingerprint density at radius 3 is 2.42 bits per heavy atom. The fourth-order valence-electron chi connectivity index (χ4n) is 3.84. The molecule has 0 spiro atoms. The molecule has 3 unspecified atom stereocenters. The van der Waals surface area contributed by atoms with E-state index in [-0.39, 0.29) is 0 Å². The van der Waals surface area contributed by atoms with Crippen LogP contribution in [0.2, 0.25) is 0 Å². The highest BCUT2D eigenvalue weighted by atomic mass is 32.2. The fourth-order valence-corrected chi connectivity index (χ4v) is 4.13. The zero-order chi connectivity index (χ0) is 18.4. The molecule has 2 N–H and O–H groups in total. The van der Waals surface area contributed by atoms with Crippen LogP contribution in [-0.2, 0) is 11.3 Å². The van der Waals surface area contributed by atoms with Gasteiger partial charge in [-0.2, -0.15) is 0 Å². The van der Waals surface area contributed by atoms with Gasteiger partial charge in [0.2, 0.25) is 11.3 Å². The highest BCUT2D eigenvalue weighted by Gasteiger charge is 2.25. The molecule has 142 valence electrons. The van der Waals surface area contributed by atoms with Crippen molar-refractivity contribution in [2.24, 2.45) is 11.8 Å². The molecule has 5 nitrogen and oxygen atoms in total. The van der Waals surface area contributed by atoms with Crippen LogP contribution in [-0.4, -0.2) is 29.0 Å². The van der Waals surface area contributed by atoms with Crippen LogP contribution in [0.15, 0.2) is 36.4 Å². The molecule has 0 amide bonds. The summed E-state index contributed by atoms with van der Waals surface area (Å²) < 4.78 is 33.6. The lowest BCUT2D eigenvalue weighted by Crippen LogP contribution is -2.29. The third-order valence-electron chi connectivity index (χ3n) is 5.29. The third-order valence-corrected chi connectivity index (χ3v) is 5.74. The van der Waals surface area contributed by atoms with Gasteiger partial charge in [0.1, 0.15) is 11.5 Å². The molecule has 0 bridgehead atoms. The minimum atomic E-state index is -1.92. The highest BCUT2D eigenvalue weighted by molar-refractivity contribution is 7.77. The summed E-state index contributed by atoms with van der Waals surface area (Å²) in [6, 6.07) is 12.2. The Hall–Kier alpha value is -1.63. The van der Waals surface area contributed by atoms with Crippen molar-refractivity contribution in [3.8, 4) is 11.5 Å². The van der Waals surface area contributed by atoms with E-state index < -0.39 is 11.3 Å². The summed E-state index contributed by atoms with van der Waals surface area (Å²) in [5.41, 5.74) is 0. The molecular weight excluding hydrogens is 350 g/mol. The standard InChI is InChI=1S/C20H27NO4S/c1-24-19-8-6-17-13-20(9-7-16(17)12-19)25-14-18-5-3-2-4-15(18)10-11-21-26(22)23/h6-9,12-13,15,18,21H,2-5,10-11,14H2,1H3,(H,22,23). The van der Waals surface area contributed by atoms with Gasteiger partial charge in [-0.1, -0.05) is 31.4 Å². The van der Waals surface area contributed by atoms with Crippen molar-refractivity contribution in [1.29, 1.82) is 0 Å². The summed E-state index contributed by atoms with van der Waals surface area (Å²) in [7, 11) is 1.67. The molecular formula is C20H27NO4S. The maximum Gasteiger partial charge on any atom is 0.231 e. The Bertz CT molecular complexity index is 752. The van der Waals surface area contributed by atoms with E-state index in [1.54, 1.807) is 7.11 Å². The SMILES string of the molecule is COc1ccc2cc(OCC3CCCCC3CCNS(=O)O)ccc2c1. The van der Waals surface area contributed by atoms with Gasteiger partial charge in [0.15, 0.2) is 0 Å². The molecule has 2 aromatic rings. The Kier molecular flexibility index (Phi) is 6.88. The minimum absolute atomic E-state index is 0.504. The summed E-state index contributed by atoms with van der Waals surface area (Å²) in [5, 5.41) is 2.27. The molecule has 0 radical (unpaired) electrons. The second kappa shape index (κ2) is 9.35. The maximum absolute atomic E-state index is 10.7. The summed E-state index contributed by atoms with van der Waals surface area (Å²) in [4.78, 5) is 0. The second-order valence-corrected chi connectivity index (χ2v) is 7.71. The van der Waals surface area contributed by atoms with Crippen LogP contribution >= 0.6 is 0 Å². The lowest BCUT2D eigenvalue weighted by atomic mass is 9.78. The first-order chi connectivity index (χ1) is 12.7. The number of hydrogen-bond donors (Lipinski definition) is 2. The van der Waals surface area contributed by atoms with E-state index >= 15 is 0 Å². The fraction of sp³-hybridized carbons (Fsp3) is 0.500. The van der Waals surface area contributed by atoms with Crippen LogP contribution in [0.25, 0.3) is 10.8 Å². The van der Waals surface area contributed by atoms with Gasteiger partial charge < -0.3 is 9.47 Å². The molecule has 1 aliphatic carbocycles. The average Bonchev–Trinajstić information content (AvgIpc) is 2.66. The summed E-state index contributed by atoms with van der Waals surface area (Å²) in [5.74, 6) is 2.80. The van der Waals surface area contributed by atoms with Gasteiger partial charge in [-0.25, -0.2) is 8.93 Å². The van der Waals surface area contributed by atoms with Crippen LogP contribution in [0, 0.1) is 11.8 Å². The Balaban J connectivity index is 1.59. The van der Waals surface area contributed by atoms with Gasteiger partial charge in [-0.3, -0.25) is 4.55 Å². The van der Waals surface area contributed by atoms with Gasteiger partial charge in [0, 0.05) is 6.54 Å². The predicted octanol–water partition coefficient (Wildman–Crippen LogP) is 4.15. The first-order valence-corrected chi connectivity index (χ1v) is 10.3. The van der Waals surface area contributed by atoms with Crippen LogP contribution in [0.1, 0.15) is 32.1 Å². The van der Waals surface area contributed by atoms with E-state index in [1.807, 2.05) is 24.3 Å². The van der Waals surface area contributed by atoms with Crippen molar-refractivity contribution >= 4 is 22.0 Å². The van der Waals surface area contributed by atoms with Gasteiger partial charge in [0.05, 0.1) is 13.7 Å². The lowest BCUT2D eigenvalue weighted by molar-refractivity contribution is 0.143. The molecule has 1 saturated carbocycles. The summed E-state index contributed by atoms with van der Waals surface area (Å²) in [6.45, 7) is 1.27. The molecule has 0 heterocycles. The minimum Gasteiger partial charge on any atom is -0.497 e. The molecule has 1 fully saturated rings. The highest BCUT2D eigenvalue weighted by Crippen LogP contribution is 2.33. The monoisotopic (exact) mass is 377 g/mol. The number of benzene rings is 2.